The van der Waals surface area contributed by atoms with Crippen molar-refractivity contribution >= 4 is 10.0 Å². The number of primary sulfonamides is 1. The number of ether oxygens (including phenoxy) is 2. The Kier molecular flexibility index (Phi) is 4.61. The highest BCUT2D eigenvalue weighted by Gasteiger charge is 2.31. The van der Waals surface area contributed by atoms with Gasteiger partial charge in [0, 0.05) is 5.56 Å². The highest BCUT2D eigenvalue weighted by molar-refractivity contribution is 7.88. The van der Waals surface area contributed by atoms with Crippen LogP contribution in [0.3, 0.4) is 0 Å². The molecule has 0 amide bonds. The van der Waals surface area contributed by atoms with Crippen molar-refractivity contribution in [1.29, 1.82) is 0 Å². The summed E-state index contributed by atoms with van der Waals surface area (Å²) in [6.45, 7) is 2.00. The van der Waals surface area contributed by atoms with E-state index in [-0.39, 0.29) is 11.9 Å². The second-order valence-electron chi connectivity index (χ2n) is 6.93. The number of hydrogen-bond donors (Lipinski definition) is 1. The topological polar surface area (TPSA) is 78.6 Å². The quantitative estimate of drug-likeness (QED) is 0.726. The molecule has 4 rings (SSSR count). The molecule has 0 saturated carbocycles. The third-order valence-corrected chi connectivity index (χ3v) is 5.65. The van der Waals surface area contributed by atoms with Crippen molar-refractivity contribution in [2.75, 3.05) is 7.11 Å². The minimum absolute atomic E-state index is 0.223. The Morgan fingerprint density at radius 2 is 1.82 bits per heavy atom. The van der Waals surface area contributed by atoms with Crippen molar-refractivity contribution in [2.45, 2.75) is 18.8 Å². The van der Waals surface area contributed by atoms with Crippen LogP contribution in [0, 0.1) is 6.92 Å². The Hall–Kier alpha value is -2.83. The highest BCUT2D eigenvalue weighted by Crippen LogP contribution is 2.50. The number of aryl methyl sites for hydroxylation is 1. The van der Waals surface area contributed by atoms with E-state index in [0.29, 0.717) is 11.3 Å². The number of benzene rings is 3. The molecule has 0 fully saturated rings. The Balaban J connectivity index is 1.96. The van der Waals surface area contributed by atoms with Crippen molar-refractivity contribution in [3.05, 3.63) is 82.9 Å². The molecule has 1 unspecified atom stereocenters. The molecule has 0 radical (unpaired) electrons. The maximum atomic E-state index is 11.6. The van der Waals surface area contributed by atoms with Gasteiger partial charge in [0.1, 0.15) is 17.6 Å². The molecule has 3 aromatic carbocycles. The van der Waals surface area contributed by atoms with Crippen LogP contribution in [0.2, 0.25) is 0 Å². The molecule has 2 N–H and O–H groups in total. The van der Waals surface area contributed by atoms with Crippen molar-refractivity contribution in [2.24, 2.45) is 5.14 Å². The minimum Gasteiger partial charge on any atom is -0.496 e. The van der Waals surface area contributed by atoms with Crippen molar-refractivity contribution in [3.8, 4) is 22.6 Å². The molecule has 1 aliphatic rings. The molecule has 1 atom stereocenters. The number of fused-ring (bicyclic) bond motifs is 3. The first-order valence-corrected chi connectivity index (χ1v) is 10.6. The maximum absolute atomic E-state index is 11.6. The zero-order valence-corrected chi connectivity index (χ0v) is 16.5. The van der Waals surface area contributed by atoms with Crippen LogP contribution >= 0.6 is 0 Å². The van der Waals surface area contributed by atoms with Gasteiger partial charge >= 0.3 is 0 Å². The van der Waals surface area contributed by atoms with Crippen LogP contribution in [0.15, 0.2) is 60.7 Å². The third kappa shape index (κ3) is 3.37. The number of hydrogen-bond acceptors (Lipinski definition) is 4. The number of rotatable bonds is 4. The summed E-state index contributed by atoms with van der Waals surface area (Å²) in [5.74, 6) is 1.27. The fourth-order valence-corrected chi connectivity index (χ4v) is 4.33. The summed E-state index contributed by atoms with van der Waals surface area (Å²) < 4.78 is 35.2. The average molecular weight is 395 g/mol. The zero-order chi connectivity index (χ0) is 19.9. The lowest BCUT2D eigenvalue weighted by atomic mass is 9.87. The lowest BCUT2D eigenvalue weighted by Crippen LogP contribution is -2.18. The molecule has 5 nitrogen and oxygen atoms in total. The van der Waals surface area contributed by atoms with Gasteiger partial charge in [-0.2, -0.15) is 0 Å². The molecular weight excluding hydrogens is 374 g/mol. The second kappa shape index (κ2) is 6.96. The van der Waals surface area contributed by atoms with E-state index < -0.39 is 10.0 Å². The van der Waals surface area contributed by atoms with Crippen LogP contribution in [0.25, 0.3) is 11.1 Å². The van der Waals surface area contributed by atoms with Gasteiger partial charge in [0.2, 0.25) is 10.0 Å². The monoisotopic (exact) mass is 395 g/mol. The molecular formula is C22H21NO4S. The van der Waals surface area contributed by atoms with Crippen LogP contribution < -0.4 is 14.6 Å². The molecule has 28 heavy (non-hydrogen) atoms. The lowest BCUT2D eigenvalue weighted by molar-refractivity contribution is 0.240. The molecule has 0 saturated heterocycles. The van der Waals surface area contributed by atoms with Crippen molar-refractivity contribution in [3.63, 3.8) is 0 Å². The van der Waals surface area contributed by atoms with E-state index in [1.807, 2.05) is 61.5 Å². The largest absolute Gasteiger partial charge is 0.496 e. The summed E-state index contributed by atoms with van der Waals surface area (Å²) in [4.78, 5) is 0. The lowest BCUT2D eigenvalue weighted by Gasteiger charge is -2.31. The molecule has 1 aliphatic heterocycles. The van der Waals surface area contributed by atoms with Crippen LogP contribution in [-0.4, -0.2) is 15.5 Å². The summed E-state index contributed by atoms with van der Waals surface area (Å²) in [5.41, 5.74) is 5.37. The van der Waals surface area contributed by atoms with Gasteiger partial charge in [0.25, 0.3) is 0 Å². The minimum atomic E-state index is -3.63. The van der Waals surface area contributed by atoms with Crippen LogP contribution in [-0.2, 0) is 15.8 Å². The van der Waals surface area contributed by atoms with Gasteiger partial charge in [-0.1, -0.05) is 54.6 Å². The molecule has 0 spiro atoms. The summed E-state index contributed by atoms with van der Waals surface area (Å²) in [6.07, 6.45) is -0.352. The van der Waals surface area contributed by atoms with Crippen molar-refractivity contribution < 1.29 is 17.9 Å². The van der Waals surface area contributed by atoms with Crippen LogP contribution in [0.4, 0.5) is 0 Å². The Bertz CT molecular complexity index is 1140. The first kappa shape index (κ1) is 18.5. The van der Waals surface area contributed by atoms with E-state index in [1.165, 1.54) is 0 Å². The van der Waals surface area contributed by atoms with Gasteiger partial charge in [-0.25, -0.2) is 13.6 Å². The second-order valence-corrected chi connectivity index (χ2v) is 8.54. The molecule has 0 aliphatic carbocycles. The van der Waals surface area contributed by atoms with Gasteiger partial charge in [-0.15, -0.1) is 0 Å². The summed E-state index contributed by atoms with van der Waals surface area (Å²) in [5, 5.41) is 5.25. The smallest absolute Gasteiger partial charge is 0.213 e. The van der Waals surface area contributed by atoms with E-state index in [4.69, 9.17) is 14.6 Å². The summed E-state index contributed by atoms with van der Waals surface area (Å²) >= 11 is 0. The molecule has 3 aromatic rings. The van der Waals surface area contributed by atoms with Crippen molar-refractivity contribution in [1.82, 2.24) is 0 Å². The average Bonchev–Trinajstić information content (AvgIpc) is 2.67. The fraction of sp³-hybridized carbons (Fsp3) is 0.182. The number of sulfonamides is 1. The van der Waals surface area contributed by atoms with Gasteiger partial charge in [0.05, 0.1) is 18.4 Å². The summed E-state index contributed by atoms with van der Waals surface area (Å²) in [6, 6.07) is 19.3. The Morgan fingerprint density at radius 3 is 2.50 bits per heavy atom. The SMILES string of the molecule is COc1ccc(C)c2c1-c1ccc(CS(N)(=O)=O)cc1C(c1ccccc1)O2. The molecule has 6 heteroatoms. The van der Waals surface area contributed by atoms with E-state index in [0.717, 1.165) is 33.6 Å². The summed E-state index contributed by atoms with van der Waals surface area (Å²) in [7, 11) is -2.00. The standard InChI is InChI=1S/C22H21NO4S/c1-14-8-11-19(26-2)20-17-10-9-15(13-28(23,24)25)12-18(17)22(27-21(14)20)16-6-4-3-5-7-16/h3-12,22H,13H2,1-2H3,(H2,23,24,25). The molecule has 0 aromatic heterocycles. The fourth-order valence-electron chi connectivity index (χ4n) is 3.68. The maximum Gasteiger partial charge on any atom is 0.213 e. The first-order chi connectivity index (χ1) is 13.4. The molecule has 144 valence electrons. The van der Waals surface area contributed by atoms with Crippen LogP contribution in [0.1, 0.15) is 28.4 Å². The van der Waals surface area contributed by atoms with E-state index >= 15 is 0 Å². The van der Waals surface area contributed by atoms with Gasteiger partial charge in [0.15, 0.2) is 0 Å². The molecule has 0 bridgehead atoms. The predicted octanol–water partition coefficient (Wildman–Crippen LogP) is 3.94. The van der Waals surface area contributed by atoms with Gasteiger partial charge < -0.3 is 9.47 Å². The van der Waals surface area contributed by atoms with E-state index in [2.05, 4.69) is 0 Å². The zero-order valence-electron chi connectivity index (χ0n) is 15.7. The predicted molar refractivity (Wildman–Crippen MR) is 109 cm³/mol. The van der Waals surface area contributed by atoms with Gasteiger partial charge in [-0.05, 0) is 35.2 Å². The third-order valence-electron chi connectivity index (χ3n) is 4.91. The number of methoxy groups -OCH3 is 1. The van der Waals surface area contributed by atoms with Gasteiger partial charge in [-0.3, -0.25) is 0 Å². The van der Waals surface area contributed by atoms with E-state index in [1.54, 1.807) is 13.2 Å². The number of nitrogens with two attached hydrogens (primary N) is 1. The Morgan fingerprint density at radius 1 is 1.07 bits per heavy atom. The van der Waals surface area contributed by atoms with Crippen LogP contribution in [0.5, 0.6) is 11.5 Å². The molecule has 1 heterocycles. The first-order valence-electron chi connectivity index (χ1n) is 8.90. The van der Waals surface area contributed by atoms with E-state index in [9.17, 15) is 8.42 Å². The normalized spacial score (nSPS) is 15.3. The highest BCUT2D eigenvalue weighted by atomic mass is 32.2. The Labute approximate surface area is 164 Å².